The molecule has 1 aliphatic heterocycles. The molecule has 0 spiro atoms. The van der Waals surface area contributed by atoms with E-state index in [1.807, 2.05) is 0 Å². The number of imidazole rings is 1. The Labute approximate surface area is 221 Å². The van der Waals surface area contributed by atoms with Crippen LogP contribution in [0.3, 0.4) is 0 Å². The first-order chi connectivity index (χ1) is 18.2. The van der Waals surface area contributed by atoms with Crippen molar-refractivity contribution < 1.29 is 22.8 Å². The van der Waals surface area contributed by atoms with Gasteiger partial charge in [-0.3, -0.25) is 14.7 Å². The van der Waals surface area contributed by atoms with Gasteiger partial charge in [-0.25, -0.2) is 4.98 Å². The number of piperazine rings is 1. The molecule has 13 heteroatoms. The van der Waals surface area contributed by atoms with Gasteiger partial charge in [-0.1, -0.05) is 30.9 Å². The molecule has 1 aliphatic carbocycles. The van der Waals surface area contributed by atoms with Crippen LogP contribution in [0.4, 0.5) is 18.9 Å². The summed E-state index contributed by atoms with van der Waals surface area (Å²) in [5.74, 6) is -0.482. The minimum absolute atomic E-state index is 0.0605. The van der Waals surface area contributed by atoms with E-state index in [0.29, 0.717) is 61.2 Å². The minimum atomic E-state index is -4.60. The molecule has 3 heterocycles. The molecule has 0 radical (unpaired) electrons. The molecular formula is C25H27ClF3N7O2. The predicted octanol–water partition coefficient (Wildman–Crippen LogP) is 4.04. The molecule has 4 N–H and O–H groups in total. The van der Waals surface area contributed by atoms with Gasteiger partial charge in [-0.05, 0) is 30.5 Å². The summed E-state index contributed by atoms with van der Waals surface area (Å²) in [7, 11) is 0. The Hall–Kier alpha value is -3.38. The van der Waals surface area contributed by atoms with Crippen LogP contribution in [0.5, 0.6) is 0 Å². The standard InChI is InChI=1S/C25H27ClF3N7O2/c26-19-12-15(4-5-17(19)24(38)36-8-6-30-7-9-36)33-23(37)22-31-13-16(32-22)11-18-20(10-14-2-1-3-14)34-35-21(18)25(27,28)29/h4-5,12-14,30H,1-3,6-11H2,(H,31,32)(H,33,37)(H,34,35). The number of nitrogens with zero attached hydrogens (tertiary/aromatic N) is 3. The molecule has 0 unspecified atom stereocenters. The second-order valence-electron chi connectivity index (χ2n) is 9.65. The number of carbonyl (C=O) groups is 2. The van der Waals surface area contributed by atoms with E-state index in [2.05, 4.69) is 30.8 Å². The average Bonchev–Trinajstić information content (AvgIpc) is 3.49. The van der Waals surface area contributed by atoms with Crippen LogP contribution in [0.1, 0.15) is 62.9 Å². The second kappa shape index (κ2) is 10.8. The van der Waals surface area contributed by atoms with Crippen LogP contribution in [-0.4, -0.2) is 63.1 Å². The Bertz CT molecular complexity index is 1330. The molecule has 1 saturated carbocycles. The van der Waals surface area contributed by atoms with Gasteiger partial charge in [-0.2, -0.15) is 18.3 Å². The summed E-state index contributed by atoms with van der Waals surface area (Å²) in [6, 6.07) is 4.60. The van der Waals surface area contributed by atoms with Crippen molar-refractivity contribution in [2.24, 2.45) is 5.92 Å². The van der Waals surface area contributed by atoms with Crippen LogP contribution in [0.25, 0.3) is 0 Å². The van der Waals surface area contributed by atoms with Crippen LogP contribution in [-0.2, 0) is 19.0 Å². The van der Waals surface area contributed by atoms with E-state index in [-0.39, 0.29) is 28.7 Å². The van der Waals surface area contributed by atoms with E-state index in [1.54, 1.807) is 17.0 Å². The summed E-state index contributed by atoms with van der Waals surface area (Å²) in [4.78, 5) is 34.1. The molecule has 2 fully saturated rings. The van der Waals surface area contributed by atoms with Crippen molar-refractivity contribution in [3.8, 4) is 0 Å². The molecule has 5 rings (SSSR count). The number of halogens is 4. The largest absolute Gasteiger partial charge is 0.435 e. The van der Waals surface area contributed by atoms with Gasteiger partial charge in [0.25, 0.3) is 11.8 Å². The Kier molecular flexibility index (Phi) is 7.44. The van der Waals surface area contributed by atoms with Gasteiger partial charge >= 0.3 is 6.18 Å². The number of benzene rings is 1. The van der Waals surface area contributed by atoms with E-state index in [4.69, 9.17) is 11.6 Å². The van der Waals surface area contributed by atoms with Gasteiger partial charge in [0.1, 0.15) is 0 Å². The van der Waals surface area contributed by atoms with E-state index < -0.39 is 17.8 Å². The number of alkyl halides is 3. The molecule has 9 nitrogen and oxygen atoms in total. The van der Waals surface area contributed by atoms with Crippen molar-refractivity contribution in [2.75, 3.05) is 31.5 Å². The first-order valence-corrected chi connectivity index (χ1v) is 12.8. The van der Waals surface area contributed by atoms with Crippen LogP contribution >= 0.6 is 11.6 Å². The summed E-state index contributed by atoms with van der Waals surface area (Å²) in [5, 5.41) is 12.2. The third-order valence-electron chi connectivity index (χ3n) is 7.01. The third kappa shape index (κ3) is 5.70. The Morgan fingerprint density at radius 1 is 1.18 bits per heavy atom. The summed E-state index contributed by atoms with van der Waals surface area (Å²) in [5.41, 5.74) is 0.630. The van der Waals surface area contributed by atoms with E-state index in [0.717, 1.165) is 19.3 Å². The van der Waals surface area contributed by atoms with Gasteiger partial charge in [0.2, 0.25) is 0 Å². The number of nitrogens with one attached hydrogen (secondary N) is 4. The molecule has 1 saturated heterocycles. The van der Waals surface area contributed by atoms with Crippen LogP contribution in [0, 0.1) is 5.92 Å². The van der Waals surface area contributed by atoms with Gasteiger partial charge < -0.3 is 20.5 Å². The zero-order valence-corrected chi connectivity index (χ0v) is 21.2. The van der Waals surface area contributed by atoms with E-state index in [9.17, 15) is 22.8 Å². The van der Waals surface area contributed by atoms with Crippen molar-refractivity contribution in [3.63, 3.8) is 0 Å². The lowest BCUT2D eigenvalue weighted by atomic mass is 9.81. The number of carbonyl (C=O) groups excluding carboxylic acids is 2. The molecule has 2 aliphatic rings. The van der Waals surface area contributed by atoms with Crippen molar-refractivity contribution in [2.45, 2.75) is 38.3 Å². The number of aromatic amines is 2. The Morgan fingerprint density at radius 2 is 1.95 bits per heavy atom. The number of amides is 2. The molecule has 202 valence electrons. The zero-order valence-electron chi connectivity index (χ0n) is 20.4. The molecule has 3 aromatic rings. The maximum Gasteiger partial charge on any atom is 0.435 e. The topological polar surface area (TPSA) is 119 Å². The first kappa shape index (κ1) is 26.2. The maximum absolute atomic E-state index is 13.6. The van der Waals surface area contributed by atoms with Crippen molar-refractivity contribution >= 4 is 29.1 Å². The molecular weight excluding hydrogens is 523 g/mol. The molecule has 0 bridgehead atoms. The highest BCUT2D eigenvalue weighted by molar-refractivity contribution is 6.34. The molecule has 38 heavy (non-hydrogen) atoms. The fraction of sp³-hybridized carbons (Fsp3) is 0.440. The highest BCUT2D eigenvalue weighted by atomic mass is 35.5. The zero-order chi connectivity index (χ0) is 26.9. The predicted molar refractivity (Wildman–Crippen MR) is 134 cm³/mol. The summed E-state index contributed by atoms with van der Waals surface area (Å²) in [6.07, 6.45) is 0.223. The highest BCUT2D eigenvalue weighted by Crippen LogP contribution is 2.36. The van der Waals surface area contributed by atoms with Gasteiger partial charge in [0, 0.05) is 61.4 Å². The number of aromatic nitrogens is 4. The van der Waals surface area contributed by atoms with E-state index >= 15 is 0 Å². The number of hydrogen-bond donors (Lipinski definition) is 4. The van der Waals surface area contributed by atoms with Gasteiger partial charge in [-0.15, -0.1) is 0 Å². The lowest BCUT2D eigenvalue weighted by Gasteiger charge is -2.27. The highest BCUT2D eigenvalue weighted by Gasteiger charge is 2.38. The molecule has 2 aromatic heterocycles. The second-order valence-corrected chi connectivity index (χ2v) is 10.1. The third-order valence-corrected chi connectivity index (χ3v) is 7.32. The monoisotopic (exact) mass is 549 g/mol. The smallest absolute Gasteiger partial charge is 0.337 e. The van der Waals surface area contributed by atoms with Crippen LogP contribution in [0.15, 0.2) is 24.4 Å². The van der Waals surface area contributed by atoms with Crippen LogP contribution in [0.2, 0.25) is 5.02 Å². The van der Waals surface area contributed by atoms with Crippen molar-refractivity contribution in [1.29, 1.82) is 0 Å². The normalized spacial score (nSPS) is 16.4. The quantitative estimate of drug-likeness (QED) is 0.355. The average molecular weight is 550 g/mol. The summed E-state index contributed by atoms with van der Waals surface area (Å²) < 4.78 is 40.7. The minimum Gasteiger partial charge on any atom is -0.337 e. The number of rotatable bonds is 7. The van der Waals surface area contributed by atoms with Crippen molar-refractivity contribution in [3.05, 3.63) is 63.5 Å². The van der Waals surface area contributed by atoms with E-state index in [1.165, 1.54) is 12.3 Å². The summed E-state index contributed by atoms with van der Waals surface area (Å²) >= 11 is 6.33. The molecule has 0 atom stereocenters. The lowest BCUT2D eigenvalue weighted by Crippen LogP contribution is -2.46. The number of anilines is 1. The van der Waals surface area contributed by atoms with Crippen LogP contribution < -0.4 is 10.6 Å². The van der Waals surface area contributed by atoms with Gasteiger partial charge in [0.05, 0.1) is 10.6 Å². The SMILES string of the molecule is O=C(Nc1ccc(C(=O)N2CCNCC2)c(Cl)c1)c1ncc(Cc2c(C(F)(F)F)n[nH]c2CC2CCC2)[nH]1. The number of H-pyrrole nitrogens is 2. The Balaban J connectivity index is 1.27. The van der Waals surface area contributed by atoms with Crippen molar-refractivity contribution in [1.82, 2.24) is 30.4 Å². The van der Waals surface area contributed by atoms with Gasteiger partial charge in [0.15, 0.2) is 11.5 Å². The first-order valence-electron chi connectivity index (χ1n) is 12.5. The molecule has 2 amide bonds. The molecule has 1 aromatic carbocycles. The fourth-order valence-electron chi connectivity index (χ4n) is 4.73. The fourth-order valence-corrected chi connectivity index (χ4v) is 4.99. The summed E-state index contributed by atoms with van der Waals surface area (Å²) in [6.45, 7) is 2.59. The maximum atomic E-state index is 13.6. The lowest BCUT2D eigenvalue weighted by molar-refractivity contribution is -0.141. The number of hydrogen-bond acceptors (Lipinski definition) is 5. The Morgan fingerprint density at radius 3 is 2.61 bits per heavy atom.